The second-order valence-electron chi connectivity index (χ2n) is 3.33. The van der Waals surface area contributed by atoms with E-state index in [4.69, 9.17) is 0 Å². The van der Waals surface area contributed by atoms with Crippen molar-refractivity contribution in [3.63, 3.8) is 0 Å². The van der Waals surface area contributed by atoms with Gasteiger partial charge in [-0.05, 0) is 27.2 Å². The van der Waals surface area contributed by atoms with Gasteiger partial charge in [0.25, 0.3) is 0 Å². The molecule has 80 valence electrons. The molecule has 14 heavy (non-hydrogen) atoms. The van der Waals surface area contributed by atoms with Crippen LogP contribution in [0.1, 0.15) is 18.7 Å². The second kappa shape index (κ2) is 6.88. The maximum absolute atomic E-state index is 3.45. The van der Waals surface area contributed by atoms with Crippen LogP contribution in [0.25, 0.3) is 0 Å². The van der Waals surface area contributed by atoms with Crippen molar-refractivity contribution in [2.45, 2.75) is 25.6 Å². The fraction of sp³-hybridized carbons (Fsp3) is 0.600. The molecule has 1 nitrogen and oxygen atoms in total. The van der Waals surface area contributed by atoms with Crippen LogP contribution in [0, 0.1) is 0 Å². The lowest BCUT2D eigenvalue weighted by Crippen LogP contribution is -2.16. The van der Waals surface area contributed by atoms with Crippen LogP contribution in [0.2, 0.25) is 0 Å². The third kappa shape index (κ3) is 5.39. The molecule has 0 radical (unpaired) electrons. The van der Waals surface area contributed by atoms with E-state index in [1.165, 1.54) is 15.1 Å². The van der Waals surface area contributed by atoms with Gasteiger partial charge in [0.1, 0.15) is 0 Å². The van der Waals surface area contributed by atoms with Gasteiger partial charge in [-0.25, -0.2) is 0 Å². The highest BCUT2D eigenvalue weighted by Crippen LogP contribution is 2.19. The Labute approximate surface area is 103 Å². The topological polar surface area (TPSA) is 12.0 Å². The average Bonchev–Trinajstić information content (AvgIpc) is 2.50. The SMILES string of the molecule is CC(C)SCCNCc1cc(Br)cs1. The molecule has 0 aromatic carbocycles. The highest BCUT2D eigenvalue weighted by molar-refractivity contribution is 9.10. The van der Waals surface area contributed by atoms with Crippen molar-refractivity contribution in [1.82, 2.24) is 5.32 Å². The molecule has 0 bridgehead atoms. The van der Waals surface area contributed by atoms with Gasteiger partial charge in [-0.1, -0.05) is 13.8 Å². The Kier molecular flexibility index (Phi) is 6.17. The summed E-state index contributed by atoms with van der Waals surface area (Å²) in [6.45, 7) is 6.56. The molecule has 0 unspecified atom stereocenters. The summed E-state index contributed by atoms with van der Waals surface area (Å²) in [6, 6.07) is 2.17. The summed E-state index contributed by atoms with van der Waals surface area (Å²) in [4.78, 5) is 1.39. The molecule has 1 N–H and O–H groups in total. The monoisotopic (exact) mass is 293 g/mol. The molecular formula is C10H16BrNS2. The van der Waals surface area contributed by atoms with Crippen LogP contribution in [-0.2, 0) is 6.54 Å². The van der Waals surface area contributed by atoms with E-state index in [2.05, 4.69) is 46.5 Å². The Morgan fingerprint density at radius 3 is 2.93 bits per heavy atom. The quantitative estimate of drug-likeness (QED) is 0.802. The minimum absolute atomic E-state index is 0.743. The number of rotatable bonds is 6. The molecule has 1 aromatic rings. The van der Waals surface area contributed by atoms with Crippen LogP contribution in [0.15, 0.2) is 15.9 Å². The largest absolute Gasteiger partial charge is 0.311 e. The molecule has 1 aromatic heterocycles. The van der Waals surface area contributed by atoms with Crippen molar-refractivity contribution in [2.24, 2.45) is 0 Å². The first kappa shape index (κ1) is 12.6. The first-order chi connectivity index (χ1) is 6.68. The van der Waals surface area contributed by atoms with Crippen molar-refractivity contribution in [3.05, 3.63) is 20.8 Å². The zero-order chi connectivity index (χ0) is 10.4. The Morgan fingerprint density at radius 1 is 1.57 bits per heavy atom. The Morgan fingerprint density at radius 2 is 2.36 bits per heavy atom. The predicted octanol–water partition coefficient (Wildman–Crippen LogP) is 3.74. The normalized spacial score (nSPS) is 11.1. The average molecular weight is 294 g/mol. The number of hydrogen-bond acceptors (Lipinski definition) is 3. The maximum Gasteiger partial charge on any atom is 0.0300 e. The van der Waals surface area contributed by atoms with Crippen LogP contribution in [0.5, 0.6) is 0 Å². The lowest BCUT2D eigenvalue weighted by Gasteiger charge is -2.05. The van der Waals surface area contributed by atoms with Gasteiger partial charge >= 0.3 is 0 Å². The standard InChI is InChI=1S/C10H16BrNS2/c1-8(2)13-4-3-12-6-10-5-9(11)7-14-10/h5,7-8,12H,3-4,6H2,1-2H3. The number of thiophene rings is 1. The van der Waals surface area contributed by atoms with Crippen molar-refractivity contribution in [2.75, 3.05) is 12.3 Å². The van der Waals surface area contributed by atoms with Gasteiger partial charge in [-0.3, -0.25) is 0 Å². The van der Waals surface area contributed by atoms with Crippen LogP contribution in [0.4, 0.5) is 0 Å². The maximum atomic E-state index is 3.45. The molecule has 0 saturated carbocycles. The summed E-state index contributed by atoms with van der Waals surface area (Å²) in [5.41, 5.74) is 0. The van der Waals surface area contributed by atoms with Gasteiger partial charge in [0.05, 0.1) is 0 Å². The fourth-order valence-electron chi connectivity index (χ4n) is 1.02. The molecule has 0 saturated heterocycles. The van der Waals surface area contributed by atoms with Crippen LogP contribution >= 0.6 is 39.0 Å². The molecule has 0 aliphatic rings. The summed E-state index contributed by atoms with van der Waals surface area (Å²) in [5.74, 6) is 1.20. The number of halogens is 1. The number of thioether (sulfide) groups is 1. The van der Waals surface area contributed by atoms with Crippen molar-refractivity contribution >= 4 is 39.0 Å². The molecule has 0 aliphatic heterocycles. The van der Waals surface area contributed by atoms with E-state index < -0.39 is 0 Å². The van der Waals surface area contributed by atoms with E-state index >= 15 is 0 Å². The van der Waals surface area contributed by atoms with Crippen molar-refractivity contribution < 1.29 is 0 Å². The Bertz CT molecular complexity index is 260. The predicted molar refractivity (Wildman–Crippen MR) is 71.3 cm³/mol. The van der Waals surface area contributed by atoms with E-state index in [0.29, 0.717) is 0 Å². The van der Waals surface area contributed by atoms with E-state index in [-0.39, 0.29) is 0 Å². The molecule has 0 spiro atoms. The zero-order valence-electron chi connectivity index (χ0n) is 8.55. The van der Waals surface area contributed by atoms with Gasteiger partial charge in [0.2, 0.25) is 0 Å². The van der Waals surface area contributed by atoms with Crippen molar-refractivity contribution in [1.29, 1.82) is 0 Å². The highest BCUT2D eigenvalue weighted by atomic mass is 79.9. The first-order valence-electron chi connectivity index (χ1n) is 4.73. The van der Waals surface area contributed by atoms with Gasteiger partial charge in [-0.15, -0.1) is 11.3 Å². The van der Waals surface area contributed by atoms with Gasteiger partial charge < -0.3 is 5.32 Å². The second-order valence-corrected chi connectivity index (χ2v) is 6.92. The van der Waals surface area contributed by atoms with E-state index in [1.807, 2.05) is 11.8 Å². The summed E-state index contributed by atoms with van der Waals surface area (Å²) >= 11 is 7.25. The zero-order valence-corrected chi connectivity index (χ0v) is 11.8. The van der Waals surface area contributed by atoms with E-state index in [0.717, 1.165) is 18.3 Å². The van der Waals surface area contributed by atoms with E-state index in [9.17, 15) is 0 Å². The molecule has 1 rings (SSSR count). The number of nitrogens with one attached hydrogen (secondary N) is 1. The van der Waals surface area contributed by atoms with Crippen molar-refractivity contribution in [3.8, 4) is 0 Å². The highest BCUT2D eigenvalue weighted by Gasteiger charge is 1.97. The molecule has 0 amide bonds. The third-order valence-electron chi connectivity index (χ3n) is 1.65. The Hall–Kier alpha value is 0.490. The molecule has 1 heterocycles. The van der Waals surface area contributed by atoms with Crippen LogP contribution < -0.4 is 5.32 Å². The summed E-state index contributed by atoms with van der Waals surface area (Å²) in [7, 11) is 0. The van der Waals surface area contributed by atoms with Gasteiger partial charge in [-0.2, -0.15) is 11.8 Å². The summed E-state index contributed by atoms with van der Waals surface area (Å²) in [5, 5.41) is 6.31. The summed E-state index contributed by atoms with van der Waals surface area (Å²) in [6.07, 6.45) is 0. The molecule has 0 atom stereocenters. The Balaban J connectivity index is 2.04. The lowest BCUT2D eigenvalue weighted by molar-refractivity contribution is 0.740. The minimum atomic E-state index is 0.743. The third-order valence-corrected chi connectivity index (χ3v) is 4.46. The molecule has 0 fully saturated rings. The van der Waals surface area contributed by atoms with Gasteiger partial charge in [0.15, 0.2) is 0 Å². The molecular weight excluding hydrogens is 278 g/mol. The first-order valence-corrected chi connectivity index (χ1v) is 7.46. The smallest absolute Gasteiger partial charge is 0.0300 e. The van der Waals surface area contributed by atoms with E-state index in [1.54, 1.807) is 11.3 Å². The lowest BCUT2D eigenvalue weighted by atomic mass is 10.4. The fourth-order valence-corrected chi connectivity index (χ4v) is 3.18. The summed E-state index contributed by atoms with van der Waals surface area (Å²) < 4.78 is 1.19. The number of hydrogen-bond donors (Lipinski definition) is 1. The van der Waals surface area contributed by atoms with Crippen LogP contribution in [-0.4, -0.2) is 17.5 Å². The van der Waals surface area contributed by atoms with Gasteiger partial charge in [0, 0.05) is 33.6 Å². The van der Waals surface area contributed by atoms with Crippen LogP contribution in [0.3, 0.4) is 0 Å². The molecule has 4 heteroatoms. The molecule has 0 aliphatic carbocycles. The minimum Gasteiger partial charge on any atom is -0.311 e.